The standard InChI is InChI=1S/C10H18N4/c1-3-14(8-4-6-11)10-5-7-12-9(2)13-10/h5,7H,3-4,6,8,11H2,1-2H3. The van der Waals surface area contributed by atoms with Crippen molar-refractivity contribution < 1.29 is 0 Å². The lowest BCUT2D eigenvalue weighted by molar-refractivity contribution is 0.741. The summed E-state index contributed by atoms with van der Waals surface area (Å²) in [6.07, 6.45) is 2.79. The first-order valence-electron chi connectivity index (χ1n) is 5.02. The molecule has 0 unspecified atom stereocenters. The molecule has 0 fully saturated rings. The first-order chi connectivity index (χ1) is 6.77. The van der Waals surface area contributed by atoms with Gasteiger partial charge >= 0.3 is 0 Å². The molecule has 0 aliphatic heterocycles. The van der Waals surface area contributed by atoms with Gasteiger partial charge in [0.1, 0.15) is 11.6 Å². The molecule has 0 saturated heterocycles. The molecule has 0 radical (unpaired) electrons. The first-order valence-corrected chi connectivity index (χ1v) is 5.02. The fourth-order valence-corrected chi connectivity index (χ4v) is 1.34. The van der Waals surface area contributed by atoms with E-state index in [4.69, 9.17) is 5.73 Å². The van der Waals surface area contributed by atoms with Gasteiger partial charge in [0.2, 0.25) is 0 Å². The second-order valence-electron chi connectivity index (χ2n) is 3.18. The zero-order valence-corrected chi connectivity index (χ0v) is 8.90. The second kappa shape index (κ2) is 5.54. The normalized spacial score (nSPS) is 10.2. The van der Waals surface area contributed by atoms with Crippen LogP contribution in [0.25, 0.3) is 0 Å². The van der Waals surface area contributed by atoms with Gasteiger partial charge in [-0.25, -0.2) is 9.97 Å². The summed E-state index contributed by atoms with van der Waals surface area (Å²) in [7, 11) is 0. The van der Waals surface area contributed by atoms with Crippen LogP contribution in [0.5, 0.6) is 0 Å². The lowest BCUT2D eigenvalue weighted by atomic mass is 10.3. The van der Waals surface area contributed by atoms with Crippen LogP contribution in [0.15, 0.2) is 12.3 Å². The lowest BCUT2D eigenvalue weighted by Gasteiger charge is -2.21. The molecule has 4 nitrogen and oxygen atoms in total. The maximum atomic E-state index is 5.48. The van der Waals surface area contributed by atoms with Crippen LogP contribution in [0.4, 0.5) is 5.82 Å². The van der Waals surface area contributed by atoms with Crippen molar-refractivity contribution in [2.45, 2.75) is 20.3 Å². The minimum absolute atomic E-state index is 0.723. The van der Waals surface area contributed by atoms with Crippen LogP contribution in [0.3, 0.4) is 0 Å². The van der Waals surface area contributed by atoms with Crippen molar-refractivity contribution in [1.82, 2.24) is 9.97 Å². The molecule has 0 aliphatic rings. The molecule has 4 heteroatoms. The maximum Gasteiger partial charge on any atom is 0.132 e. The summed E-state index contributed by atoms with van der Waals surface area (Å²) in [6.45, 7) is 6.66. The van der Waals surface area contributed by atoms with E-state index in [0.29, 0.717) is 0 Å². The second-order valence-corrected chi connectivity index (χ2v) is 3.18. The number of nitrogens with zero attached hydrogens (tertiary/aromatic N) is 3. The Labute approximate surface area is 85.2 Å². The van der Waals surface area contributed by atoms with Gasteiger partial charge in [-0.15, -0.1) is 0 Å². The van der Waals surface area contributed by atoms with Crippen molar-refractivity contribution in [2.75, 3.05) is 24.5 Å². The molecule has 0 spiro atoms. The molecule has 0 aliphatic carbocycles. The monoisotopic (exact) mass is 194 g/mol. The average Bonchev–Trinajstić information content (AvgIpc) is 2.19. The third-order valence-corrected chi connectivity index (χ3v) is 2.10. The van der Waals surface area contributed by atoms with E-state index in [1.165, 1.54) is 0 Å². The predicted octanol–water partition coefficient (Wildman–Crippen LogP) is 0.960. The Bertz CT molecular complexity index is 275. The van der Waals surface area contributed by atoms with E-state index in [9.17, 15) is 0 Å². The lowest BCUT2D eigenvalue weighted by Crippen LogP contribution is -2.26. The number of rotatable bonds is 5. The number of aryl methyl sites for hydroxylation is 1. The van der Waals surface area contributed by atoms with Gasteiger partial charge in [-0.05, 0) is 32.9 Å². The Morgan fingerprint density at radius 3 is 2.86 bits per heavy atom. The Morgan fingerprint density at radius 2 is 2.29 bits per heavy atom. The van der Waals surface area contributed by atoms with Gasteiger partial charge in [-0.1, -0.05) is 0 Å². The van der Waals surface area contributed by atoms with Crippen LogP contribution in [0.2, 0.25) is 0 Å². The van der Waals surface area contributed by atoms with E-state index < -0.39 is 0 Å². The van der Waals surface area contributed by atoms with Gasteiger partial charge in [-0.3, -0.25) is 0 Å². The van der Waals surface area contributed by atoms with Gasteiger partial charge in [-0.2, -0.15) is 0 Å². The molecule has 1 rings (SSSR count). The van der Waals surface area contributed by atoms with Crippen LogP contribution in [-0.2, 0) is 0 Å². The zero-order chi connectivity index (χ0) is 10.4. The third kappa shape index (κ3) is 2.96. The number of hydrogen-bond donors (Lipinski definition) is 1. The van der Waals surface area contributed by atoms with Gasteiger partial charge in [0.15, 0.2) is 0 Å². The van der Waals surface area contributed by atoms with Crippen LogP contribution >= 0.6 is 0 Å². The molecule has 0 amide bonds. The third-order valence-electron chi connectivity index (χ3n) is 2.10. The molecule has 0 aromatic carbocycles. The number of anilines is 1. The van der Waals surface area contributed by atoms with Crippen LogP contribution in [0, 0.1) is 6.92 Å². The van der Waals surface area contributed by atoms with Crippen molar-refractivity contribution in [1.29, 1.82) is 0 Å². The fourth-order valence-electron chi connectivity index (χ4n) is 1.34. The molecule has 14 heavy (non-hydrogen) atoms. The van der Waals surface area contributed by atoms with Crippen molar-refractivity contribution >= 4 is 5.82 Å². The van der Waals surface area contributed by atoms with E-state index in [1.807, 2.05) is 13.0 Å². The van der Waals surface area contributed by atoms with Crippen LogP contribution < -0.4 is 10.6 Å². The van der Waals surface area contributed by atoms with E-state index in [1.54, 1.807) is 6.20 Å². The van der Waals surface area contributed by atoms with Gasteiger partial charge in [0.25, 0.3) is 0 Å². The van der Waals surface area contributed by atoms with Gasteiger partial charge in [0.05, 0.1) is 0 Å². The highest BCUT2D eigenvalue weighted by Crippen LogP contribution is 2.09. The topological polar surface area (TPSA) is 55.0 Å². The molecule has 0 saturated carbocycles. The Kier molecular flexibility index (Phi) is 4.32. The predicted molar refractivity (Wildman–Crippen MR) is 58.3 cm³/mol. The molecule has 1 aromatic rings. The molecule has 0 bridgehead atoms. The molecule has 78 valence electrons. The van der Waals surface area contributed by atoms with Gasteiger partial charge < -0.3 is 10.6 Å². The van der Waals surface area contributed by atoms with Crippen molar-refractivity contribution in [2.24, 2.45) is 5.73 Å². The zero-order valence-electron chi connectivity index (χ0n) is 8.90. The number of aromatic nitrogens is 2. The summed E-state index contributed by atoms with van der Waals surface area (Å²) in [4.78, 5) is 10.7. The van der Waals surface area contributed by atoms with E-state index >= 15 is 0 Å². The minimum Gasteiger partial charge on any atom is -0.357 e. The Balaban J connectivity index is 2.68. The van der Waals surface area contributed by atoms with E-state index in [2.05, 4.69) is 21.8 Å². The summed E-state index contributed by atoms with van der Waals surface area (Å²) in [5.41, 5.74) is 5.48. The van der Waals surface area contributed by atoms with Gasteiger partial charge in [0, 0.05) is 19.3 Å². The number of nitrogens with two attached hydrogens (primary N) is 1. The Morgan fingerprint density at radius 1 is 1.50 bits per heavy atom. The summed E-state index contributed by atoms with van der Waals surface area (Å²) in [5.74, 6) is 1.81. The first kappa shape index (κ1) is 10.9. The highest BCUT2D eigenvalue weighted by molar-refractivity contribution is 5.36. The van der Waals surface area contributed by atoms with Crippen LogP contribution in [0.1, 0.15) is 19.2 Å². The fraction of sp³-hybridized carbons (Fsp3) is 0.600. The maximum absolute atomic E-state index is 5.48. The van der Waals surface area contributed by atoms with Crippen molar-refractivity contribution in [3.05, 3.63) is 18.1 Å². The smallest absolute Gasteiger partial charge is 0.132 e. The molecular weight excluding hydrogens is 176 g/mol. The average molecular weight is 194 g/mol. The van der Waals surface area contributed by atoms with Crippen molar-refractivity contribution in [3.63, 3.8) is 0 Å². The summed E-state index contributed by atoms with van der Waals surface area (Å²) < 4.78 is 0. The van der Waals surface area contributed by atoms with E-state index in [0.717, 1.165) is 37.7 Å². The number of hydrogen-bond acceptors (Lipinski definition) is 4. The molecule has 0 atom stereocenters. The summed E-state index contributed by atoms with van der Waals surface area (Å²) in [6, 6.07) is 1.94. The Hall–Kier alpha value is -1.16. The highest BCUT2D eigenvalue weighted by Gasteiger charge is 2.04. The largest absolute Gasteiger partial charge is 0.357 e. The molecular formula is C10H18N4. The SMILES string of the molecule is CCN(CCCN)c1ccnc(C)n1. The highest BCUT2D eigenvalue weighted by atomic mass is 15.2. The molecule has 1 heterocycles. The quantitative estimate of drug-likeness (QED) is 0.758. The summed E-state index contributed by atoms with van der Waals surface area (Å²) in [5, 5.41) is 0. The van der Waals surface area contributed by atoms with Crippen molar-refractivity contribution in [3.8, 4) is 0 Å². The molecule has 2 N–H and O–H groups in total. The molecule has 1 aromatic heterocycles. The van der Waals surface area contributed by atoms with Crippen LogP contribution in [-0.4, -0.2) is 29.6 Å². The van der Waals surface area contributed by atoms with E-state index in [-0.39, 0.29) is 0 Å². The summed E-state index contributed by atoms with van der Waals surface area (Å²) >= 11 is 0. The minimum atomic E-state index is 0.723.